The third-order valence-corrected chi connectivity index (χ3v) is 4.33. The lowest BCUT2D eigenvalue weighted by Gasteiger charge is -2.24. The average molecular weight is 316 g/mol. The highest BCUT2D eigenvalue weighted by atomic mass is 35.5. The van der Waals surface area contributed by atoms with Gasteiger partial charge in [-0.25, -0.2) is 4.98 Å². The zero-order valence-corrected chi connectivity index (χ0v) is 13.0. The van der Waals surface area contributed by atoms with E-state index in [0.29, 0.717) is 11.6 Å². The second-order valence-corrected chi connectivity index (χ2v) is 6.02. The van der Waals surface area contributed by atoms with E-state index >= 15 is 0 Å². The molecule has 0 N–H and O–H groups in total. The van der Waals surface area contributed by atoms with Gasteiger partial charge < -0.3 is 4.90 Å². The van der Waals surface area contributed by atoms with Crippen molar-refractivity contribution >= 4 is 17.5 Å². The first-order valence-electron chi connectivity index (χ1n) is 7.55. The molecule has 1 fully saturated rings. The van der Waals surface area contributed by atoms with Crippen LogP contribution in [0.1, 0.15) is 41.2 Å². The lowest BCUT2D eigenvalue weighted by atomic mass is 9.94. The summed E-state index contributed by atoms with van der Waals surface area (Å²) in [6.45, 7) is 1.50. The predicted molar refractivity (Wildman–Crippen MR) is 86.0 cm³/mol. The Balaban J connectivity index is 1.78. The first-order chi connectivity index (χ1) is 10.7. The molecule has 1 aromatic carbocycles. The molecule has 1 aliphatic heterocycles. The van der Waals surface area contributed by atoms with Crippen LogP contribution in [0.5, 0.6) is 0 Å². The van der Waals surface area contributed by atoms with E-state index in [-0.39, 0.29) is 5.91 Å². The van der Waals surface area contributed by atoms with Gasteiger partial charge in [0.05, 0.1) is 6.20 Å². The molecule has 1 amide bonds. The largest absolute Gasteiger partial charge is 0.337 e. The summed E-state index contributed by atoms with van der Waals surface area (Å²) >= 11 is 5.96. The first-order valence-corrected chi connectivity index (χ1v) is 7.92. The van der Waals surface area contributed by atoms with E-state index in [0.717, 1.165) is 37.4 Å². The van der Waals surface area contributed by atoms with E-state index in [1.165, 1.54) is 11.8 Å². The Bertz CT molecular complexity index is 630. The molecule has 22 heavy (non-hydrogen) atoms. The highest BCUT2D eigenvalue weighted by molar-refractivity contribution is 6.30. The van der Waals surface area contributed by atoms with Crippen LogP contribution in [-0.2, 0) is 0 Å². The molecule has 4 nitrogen and oxygen atoms in total. The van der Waals surface area contributed by atoms with Crippen LogP contribution in [0.15, 0.2) is 42.9 Å². The summed E-state index contributed by atoms with van der Waals surface area (Å²) in [6.07, 6.45) is 7.90. The summed E-state index contributed by atoms with van der Waals surface area (Å²) in [7, 11) is 0. The lowest BCUT2D eigenvalue weighted by Crippen LogP contribution is -2.34. The number of aromatic nitrogens is 2. The molecule has 0 bridgehead atoms. The van der Waals surface area contributed by atoms with Crippen molar-refractivity contribution in [3.8, 4) is 0 Å². The number of rotatable bonds is 2. The molecule has 1 aromatic heterocycles. The highest BCUT2D eigenvalue weighted by Crippen LogP contribution is 2.28. The zero-order valence-electron chi connectivity index (χ0n) is 12.3. The number of carbonyl (C=O) groups excluding carboxylic acids is 1. The van der Waals surface area contributed by atoms with Crippen molar-refractivity contribution in [1.82, 2.24) is 14.9 Å². The molecular formula is C17H18ClN3O. The molecule has 0 saturated carbocycles. The van der Waals surface area contributed by atoms with E-state index in [2.05, 4.69) is 22.1 Å². The van der Waals surface area contributed by atoms with Gasteiger partial charge in [0.15, 0.2) is 0 Å². The van der Waals surface area contributed by atoms with E-state index < -0.39 is 0 Å². The summed E-state index contributed by atoms with van der Waals surface area (Å²) in [5.41, 5.74) is 1.66. The van der Waals surface area contributed by atoms with Crippen molar-refractivity contribution in [2.24, 2.45) is 0 Å². The minimum absolute atomic E-state index is 0.0334. The molecule has 1 unspecified atom stereocenters. The van der Waals surface area contributed by atoms with Gasteiger partial charge in [0.25, 0.3) is 5.91 Å². The van der Waals surface area contributed by atoms with Gasteiger partial charge >= 0.3 is 0 Å². The molecule has 0 aliphatic carbocycles. The number of amides is 1. The summed E-state index contributed by atoms with van der Waals surface area (Å²) in [5, 5.41) is 0.741. The van der Waals surface area contributed by atoms with Crippen molar-refractivity contribution in [2.45, 2.75) is 25.2 Å². The van der Waals surface area contributed by atoms with Gasteiger partial charge in [-0.2, -0.15) is 0 Å². The van der Waals surface area contributed by atoms with Crippen LogP contribution >= 0.6 is 11.6 Å². The molecule has 114 valence electrons. The number of likely N-dealkylation sites (tertiary alicyclic amines) is 1. The number of hydrogen-bond acceptors (Lipinski definition) is 3. The van der Waals surface area contributed by atoms with Crippen LogP contribution in [0.3, 0.4) is 0 Å². The monoisotopic (exact) mass is 315 g/mol. The van der Waals surface area contributed by atoms with Crippen LogP contribution < -0.4 is 0 Å². The molecule has 5 heteroatoms. The van der Waals surface area contributed by atoms with Crippen LogP contribution in [0.4, 0.5) is 0 Å². The number of nitrogens with zero attached hydrogens (tertiary/aromatic N) is 3. The van der Waals surface area contributed by atoms with Gasteiger partial charge in [0, 0.05) is 36.4 Å². The Morgan fingerprint density at radius 3 is 2.73 bits per heavy atom. The second kappa shape index (κ2) is 6.88. The lowest BCUT2D eigenvalue weighted by molar-refractivity contribution is 0.0748. The van der Waals surface area contributed by atoms with E-state index in [1.54, 1.807) is 12.4 Å². The molecule has 2 heterocycles. The Morgan fingerprint density at radius 2 is 2.00 bits per heavy atom. The van der Waals surface area contributed by atoms with Gasteiger partial charge in [-0.15, -0.1) is 0 Å². The number of benzene rings is 1. The molecule has 0 spiro atoms. The Kier molecular flexibility index (Phi) is 4.68. The molecule has 3 rings (SSSR count). The molecule has 2 aromatic rings. The molecular weight excluding hydrogens is 298 g/mol. The maximum Gasteiger partial charge on any atom is 0.274 e. The molecule has 1 saturated heterocycles. The van der Waals surface area contributed by atoms with Gasteiger partial charge in [-0.05, 0) is 30.5 Å². The summed E-state index contributed by atoms with van der Waals surface area (Å²) in [5.74, 6) is 0.314. The first kappa shape index (κ1) is 15.0. The maximum absolute atomic E-state index is 12.6. The number of halogens is 1. The minimum atomic E-state index is -0.0334. The second-order valence-electron chi connectivity index (χ2n) is 5.59. The summed E-state index contributed by atoms with van der Waals surface area (Å²) in [4.78, 5) is 22.6. The Morgan fingerprint density at radius 1 is 1.18 bits per heavy atom. The predicted octanol–water partition coefficient (Wildman–Crippen LogP) is 3.54. The smallest absolute Gasteiger partial charge is 0.274 e. The highest BCUT2D eigenvalue weighted by Gasteiger charge is 2.24. The number of hydrogen-bond donors (Lipinski definition) is 0. The van der Waals surface area contributed by atoms with Gasteiger partial charge in [0.2, 0.25) is 0 Å². The molecule has 1 atom stereocenters. The van der Waals surface area contributed by atoms with Gasteiger partial charge in [-0.3, -0.25) is 9.78 Å². The Labute approximate surface area is 135 Å². The van der Waals surface area contributed by atoms with Crippen molar-refractivity contribution < 1.29 is 4.79 Å². The fourth-order valence-corrected chi connectivity index (χ4v) is 3.03. The quantitative estimate of drug-likeness (QED) is 0.851. The summed E-state index contributed by atoms with van der Waals surface area (Å²) in [6, 6.07) is 7.94. The standard InChI is InChI=1S/C17H18ClN3O/c18-15-6-4-13(5-7-15)14-3-1-2-10-21(12-14)17(22)16-11-19-8-9-20-16/h4-9,11,14H,1-3,10,12H2. The fourth-order valence-electron chi connectivity index (χ4n) is 2.91. The average Bonchev–Trinajstić information content (AvgIpc) is 2.82. The molecule has 1 aliphatic rings. The van der Waals surface area contributed by atoms with E-state index in [1.807, 2.05) is 17.0 Å². The normalized spacial score (nSPS) is 18.8. The SMILES string of the molecule is O=C(c1cnccn1)N1CCCCC(c2ccc(Cl)cc2)C1. The van der Waals surface area contributed by atoms with Crippen molar-refractivity contribution in [1.29, 1.82) is 0 Å². The minimum Gasteiger partial charge on any atom is -0.337 e. The Hall–Kier alpha value is -1.94. The van der Waals surface area contributed by atoms with Crippen LogP contribution in [0.25, 0.3) is 0 Å². The summed E-state index contributed by atoms with van der Waals surface area (Å²) < 4.78 is 0. The van der Waals surface area contributed by atoms with Gasteiger partial charge in [0.1, 0.15) is 5.69 Å². The fraction of sp³-hybridized carbons (Fsp3) is 0.353. The van der Waals surface area contributed by atoms with Crippen molar-refractivity contribution in [2.75, 3.05) is 13.1 Å². The van der Waals surface area contributed by atoms with E-state index in [4.69, 9.17) is 11.6 Å². The maximum atomic E-state index is 12.6. The topological polar surface area (TPSA) is 46.1 Å². The molecule has 0 radical (unpaired) electrons. The zero-order chi connectivity index (χ0) is 15.4. The van der Waals surface area contributed by atoms with Gasteiger partial charge in [-0.1, -0.05) is 30.2 Å². The van der Waals surface area contributed by atoms with Crippen molar-refractivity contribution in [3.63, 3.8) is 0 Å². The van der Waals surface area contributed by atoms with E-state index in [9.17, 15) is 4.79 Å². The third kappa shape index (κ3) is 3.45. The van der Waals surface area contributed by atoms with Crippen LogP contribution in [0.2, 0.25) is 5.02 Å². The van der Waals surface area contributed by atoms with Crippen molar-refractivity contribution in [3.05, 3.63) is 59.1 Å². The third-order valence-electron chi connectivity index (χ3n) is 4.08. The van der Waals surface area contributed by atoms with Crippen LogP contribution in [-0.4, -0.2) is 33.9 Å². The van der Waals surface area contributed by atoms with Crippen LogP contribution in [0, 0.1) is 0 Å². The number of carbonyl (C=O) groups is 1.